The van der Waals surface area contributed by atoms with Crippen molar-refractivity contribution in [3.05, 3.63) is 77.3 Å². The van der Waals surface area contributed by atoms with E-state index in [1.807, 2.05) is 30.3 Å². The summed E-state index contributed by atoms with van der Waals surface area (Å²) in [6, 6.07) is 11.4. The third-order valence-electron chi connectivity index (χ3n) is 4.96. The van der Waals surface area contributed by atoms with Crippen LogP contribution in [0.1, 0.15) is 18.4 Å². The summed E-state index contributed by atoms with van der Waals surface area (Å²) in [5.41, 5.74) is 0.710. The molecule has 0 saturated carbocycles. The minimum atomic E-state index is -0.889. The highest BCUT2D eigenvalue weighted by atomic mass is 32.1. The van der Waals surface area contributed by atoms with Gasteiger partial charge in [-0.3, -0.25) is 14.6 Å². The van der Waals surface area contributed by atoms with Gasteiger partial charge in [-0.2, -0.15) is 0 Å². The number of aromatic nitrogens is 1. The molecule has 31 heavy (non-hydrogen) atoms. The smallest absolute Gasteiger partial charge is 0.410 e. The van der Waals surface area contributed by atoms with E-state index in [0.717, 1.165) is 27.9 Å². The van der Waals surface area contributed by atoms with Gasteiger partial charge in [-0.15, -0.1) is 11.3 Å². The molecule has 1 atom stereocenters. The molecule has 160 valence electrons. The van der Waals surface area contributed by atoms with Crippen LogP contribution in [0.25, 0.3) is 0 Å². The van der Waals surface area contributed by atoms with E-state index in [-0.39, 0.29) is 17.4 Å². The van der Waals surface area contributed by atoms with Crippen molar-refractivity contribution in [3.8, 4) is 0 Å². The lowest BCUT2D eigenvalue weighted by atomic mass is 10.1. The summed E-state index contributed by atoms with van der Waals surface area (Å²) >= 11 is 1.14. The van der Waals surface area contributed by atoms with Crippen molar-refractivity contribution in [3.63, 3.8) is 0 Å². The Morgan fingerprint density at radius 2 is 2.00 bits per heavy atom. The number of likely N-dealkylation sites (tertiary alicyclic amines) is 1. The van der Waals surface area contributed by atoms with Crippen LogP contribution in [0.4, 0.5) is 24.4 Å². The van der Waals surface area contributed by atoms with Gasteiger partial charge in [-0.1, -0.05) is 30.3 Å². The van der Waals surface area contributed by atoms with Crippen LogP contribution in [-0.2, 0) is 16.1 Å². The van der Waals surface area contributed by atoms with Gasteiger partial charge in [0.25, 0.3) is 5.91 Å². The number of hydrogen-bond donors (Lipinski definition) is 0. The largest absolute Gasteiger partial charge is 0.445 e. The standard InChI is InChI=1S/C22H19F2N3O3S/c23-16-8-9-18(17(24)13-16)27(21-25-10-12-31-21)20(28)19-7-4-11-26(19)22(29)30-14-15-5-2-1-3-6-15/h1-3,5-6,8-10,12-13,19H,4,7,11,14H2. The first-order chi connectivity index (χ1) is 15.0. The minimum absolute atomic E-state index is 0.0832. The number of carbonyl (C=O) groups excluding carboxylic acids is 2. The quantitative estimate of drug-likeness (QED) is 0.564. The lowest BCUT2D eigenvalue weighted by molar-refractivity contribution is -0.121. The molecule has 0 spiro atoms. The molecule has 0 bridgehead atoms. The van der Waals surface area contributed by atoms with Crippen LogP contribution in [-0.4, -0.2) is 34.5 Å². The molecule has 2 heterocycles. The van der Waals surface area contributed by atoms with Crippen LogP contribution in [0.5, 0.6) is 0 Å². The zero-order chi connectivity index (χ0) is 21.8. The van der Waals surface area contributed by atoms with E-state index in [0.29, 0.717) is 25.5 Å². The Labute approximate surface area is 181 Å². The topological polar surface area (TPSA) is 62.7 Å². The van der Waals surface area contributed by atoms with Gasteiger partial charge in [0, 0.05) is 24.2 Å². The fourth-order valence-corrected chi connectivity index (χ4v) is 4.16. The number of ether oxygens (including phenoxy) is 1. The monoisotopic (exact) mass is 443 g/mol. The van der Waals surface area contributed by atoms with Crippen molar-refractivity contribution in [1.82, 2.24) is 9.88 Å². The second-order valence-electron chi connectivity index (χ2n) is 6.98. The fourth-order valence-electron chi connectivity index (χ4n) is 3.50. The third kappa shape index (κ3) is 4.56. The Morgan fingerprint density at radius 3 is 2.71 bits per heavy atom. The lowest BCUT2D eigenvalue weighted by Crippen LogP contribution is -2.46. The molecule has 1 fully saturated rings. The van der Waals surface area contributed by atoms with E-state index in [1.54, 1.807) is 5.38 Å². The average Bonchev–Trinajstić information content (AvgIpc) is 3.47. The molecular weight excluding hydrogens is 424 g/mol. The molecule has 1 aliphatic rings. The number of carbonyl (C=O) groups is 2. The highest BCUT2D eigenvalue weighted by Gasteiger charge is 2.39. The van der Waals surface area contributed by atoms with Crippen LogP contribution in [0, 0.1) is 11.6 Å². The highest BCUT2D eigenvalue weighted by Crippen LogP contribution is 2.33. The van der Waals surface area contributed by atoms with Crippen LogP contribution in [0.3, 0.4) is 0 Å². The zero-order valence-electron chi connectivity index (χ0n) is 16.4. The number of thiazole rings is 1. The number of hydrogen-bond acceptors (Lipinski definition) is 5. The van der Waals surface area contributed by atoms with E-state index in [9.17, 15) is 18.4 Å². The SMILES string of the molecule is O=C(C1CCCN1C(=O)OCc1ccccc1)N(c1nccs1)c1ccc(F)cc1F. The molecule has 1 saturated heterocycles. The Hall–Kier alpha value is -3.33. The fraction of sp³-hybridized carbons (Fsp3) is 0.227. The van der Waals surface area contributed by atoms with Crippen molar-refractivity contribution >= 4 is 34.2 Å². The molecule has 9 heteroatoms. The molecule has 0 N–H and O–H groups in total. The molecule has 1 aliphatic heterocycles. The Morgan fingerprint density at radius 1 is 1.19 bits per heavy atom. The van der Waals surface area contributed by atoms with Gasteiger partial charge >= 0.3 is 6.09 Å². The van der Waals surface area contributed by atoms with Crippen molar-refractivity contribution in [1.29, 1.82) is 0 Å². The van der Waals surface area contributed by atoms with Gasteiger partial charge in [0.05, 0.1) is 5.69 Å². The van der Waals surface area contributed by atoms with E-state index >= 15 is 0 Å². The minimum Gasteiger partial charge on any atom is -0.445 e. The molecule has 0 aliphatic carbocycles. The van der Waals surface area contributed by atoms with E-state index < -0.39 is 29.7 Å². The van der Waals surface area contributed by atoms with Crippen molar-refractivity contribution in [2.24, 2.45) is 0 Å². The summed E-state index contributed by atoms with van der Waals surface area (Å²) < 4.78 is 33.4. The molecule has 2 amide bonds. The second kappa shape index (κ2) is 9.22. The van der Waals surface area contributed by atoms with Crippen LogP contribution in [0.15, 0.2) is 60.1 Å². The van der Waals surface area contributed by atoms with Crippen LogP contribution in [0.2, 0.25) is 0 Å². The summed E-state index contributed by atoms with van der Waals surface area (Å²) in [6.45, 7) is 0.432. The van der Waals surface area contributed by atoms with Gasteiger partial charge < -0.3 is 4.74 Å². The highest BCUT2D eigenvalue weighted by molar-refractivity contribution is 7.13. The van der Waals surface area contributed by atoms with Gasteiger partial charge in [0.2, 0.25) is 0 Å². The first-order valence-corrected chi connectivity index (χ1v) is 10.6. The third-order valence-corrected chi connectivity index (χ3v) is 5.72. The number of amides is 2. The zero-order valence-corrected chi connectivity index (χ0v) is 17.2. The number of benzene rings is 2. The predicted octanol–water partition coefficient (Wildman–Crippen LogP) is 4.89. The molecule has 0 radical (unpaired) electrons. The van der Waals surface area contributed by atoms with Crippen LogP contribution < -0.4 is 4.90 Å². The Kier molecular flexibility index (Phi) is 6.22. The second-order valence-corrected chi connectivity index (χ2v) is 7.85. The molecule has 2 aromatic carbocycles. The predicted molar refractivity (Wildman–Crippen MR) is 112 cm³/mol. The molecule has 1 aromatic heterocycles. The van der Waals surface area contributed by atoms with Gasteiger partial charge in [0.1, 0.15) is 24.3 Å². The Balaban J connectivity index is 1.56. The number of anilines is 2. The maximum Gasteiger partial charge on any atom is 0.410 e. The van der Waals surface area contributed by atoms with E-state index in [4.69, 9.17) is 4.74 Å². The van der Waals surface area contributed by atoms with E-state index in [2.05, 4.69) is 4.98 Å². The lowest BCUT2D eigenvalue weighted by Gasteiger charge is -2.28. The summed E-state index contributed by atoms with van der Waals surface area (Å²) in [7, 11) is 0. The first kappa shape index (κ1) is 20.9. The summed E-state index contributed by atoms with van der Waals surface area (Å²) in [6.07, 6.45) is 1.89. The summed E-state index contributed by atoms with van der Waals surface area (Å²) in [4.78, 5) is 32.7. The Bertz CT molecular complexity index is 1060. The summed E-state index contributed by atoms with van der Waals surface area (Å²) in [5, 5.41) is 1.89. The molecule has 4 rings (SSSR count). The van der Waals surface area contributed by atoms with Gasteiger partial charge in [-0.05, 0) is 30.5 Å². The normalized spacial score (nSPS) is 15.7. The molecule has 3 aromatic rings. The van der Waals surface area contributed by atoms with Gasteiger partial charge in [-0.25, -0.2) is 18.6 Å². The number of rotatable bonds is 5. The molecular formula is C22H19F2N3O3S. The summed E-state index contributed by atoms with van der Waals surface area (Å²) in [5.74, 6) is -2.16. The molecule has 6 nitrogen and oxygen atoms in total. The maximum absolute atomic E-state index is 14.5. The van der Waals surface area contributed by atoms with Crippen molar-refractivity contribution in [2.75, 3.05) is 11.4 Å². The first-order valence-electron chi connectivity index (χ1n) is 9.70. The maximum atomic E-state index is 14.5. The average molecular weight is 443 g/mol. The van der Waals surface area contributed by atoms with E-state index in [1.165, 1.54) is 17.2 Å². The van der Waals surface area contributed by atoms with Gasteiger partial charge in [0.15, 0.2) is 5.13 Å². The number of nitrogens with zero attached hydrogens (tertiary/aromatic N) is 3. The molecule has 1 unspecified atom stereocenters. The van der Waals surface area contributed by atoms with Crippen molar-refractivity contribution < 1.29 is 23.1 Å². The van der Waals surface area contributed by atoms with Crippen molar-refractivity contribution in [2.45, 2.75) is 25.5 Å². The van der Waals surface area contributed by atoms with Crippen LogP contribution >= 0.6 is 11.3 Å². The number of halogens is 2.